The number of carbonyl (C=O) groups excluding carboxylic acids is 1. The topological polar surface area (TPSA) is 29.5 Å². The molecule has 94 valence electrons. The third-order valence-electron chi connectivity index (χ3n) is 2.94. The zero-order chi connectivity index (χ0) is 13.1. The molecule has 1 aliphatic heterocycles. The average molecular weight is 261 g/mol. The van der Waals surface area contributed by atoms with Crippen molar-refractivity contribution in [1.29, 1.82) is 0 Å². The first-order valence-electron chi connectivity index (χ1n) is 5.86. The third kappa shape index (κ3) is 2.29. The predicted molar refractivity (Wildman–Crippen MR) is 74.0 cm³/mol. The Morgan fingerprint density at radius 3 is 2.67 bits per heavy atom. The molecule has 1 amide bonds. The Morgan fingerprint density at radius 2 is 2.06 bits per heavy atom. The van der Waals surface area contributed by atoms with Crippen molar-refractivity contribution in [2.45, 2.75) is 26.0 Å². The Hall–Kier alpha value is -1.68. The summed E-state index contributed by atoms with van der Waals surface area (Å²) in [6.45, 7) is 3.75. The first kappa shape index (κ1) is 12.8. The molecule has 2 rings (SSSR count). The van der Waals surface area contributed by atoms with Gasteiger partial charge >= 0.3 is 0 Å². The van der Waals surface area contributed by atoms with Gasteiger partial charge in [0.1, 0.15) is 6.10 Å². The van der Waals surface area contributed by atoms with Crippen LogP contribution in [-0.2, 0) is 9.53 Å². The smallest absolute Gasteiger partial charge is 0.267 e. The van der Waals surface area contributed by atoms with Crippen LogP contribution in [0.15, 0.2) is 42.5 Å². The summed E-state index contributed by atoms with van der Waals surface area (Å²) >= 11 is 5.13. The molecule has 1 heterocycles. The number of thiocarbonyl (C=S) groups is 1. The van der Waals surface area contributed by atoms with Crippen LogP contribution >= 0.6 is 12.2 Å². The summed E-state index contributed by atoms with van der Waals surface area (Å²) in [5.74, 6) is -0.131. The molecule has 0 bridgehead atoms. The molecule has 0 aromatic heterocycles. The Kier molecular flexibility index (Phi) is 3.77. The van der Waals surface area contributed by atoms with Gasteiger partial charge in [-0.15, -0.1) is 0 Å². The largest absolute Gasteiger partial charge is 0.460 e. The highest BCUT2D eigenvalue weighted by Gasteiger charge is 2.39. The van der Waals surface area contributed by atoms with Crippen molar-refractivity contribution in [3.63, 3.8) is 0 Å². The van der Waals surface area contributed by atoms with Crippen LogP contribution in [0.4, 0.5) is 0 Å². The number of ether oxygens (including phenoxy) is 1. The van der Waals surface area contributed by atoms with Gasteiger partial charge in [0.25, 0.3) is 11.1 Å². The number of nitrogens with zero attached hydrogens (tertiary/aromatic N) is 1. The lowest BCUT2D eigenvalue weighted by atomic mass is 10.0. The highest BCUT2D eigenvalue weighted by atomic mass is 32.1. The van der Waals surface area contributed by atoms with Crippen molar-refractivity contribution >= 4 is 23.3 Å². The lowest BCUT2D eigenvalue weighted by molar-refractivity contribution is -0.123. The van der Waals surface area contributed by atoms with E-state index in [1.165, 1.54) is 11.0 Å². The maximum atomic E-state index is 11.9. The fraction of sp³-hybridized carbons (Fsp3) is 0.286. The van der Waals surface area contributed by atoms with Gasteiger partial charge in [-0.3, -0.25) is 9.69 Å². The number of amides is 1. The van der Waals surface area contributed by atoms with E-state index in [1.54, 1.807) is 13.0 Å². The number of rotatable bonds is 2. The number of carbonyl (C=O) groups is 1. The van der Waals surface area contributed by atoms with Gasteiger partial charge in [-0.05, 0) is 37.7 Å². The molecule has 1 fully saturated rings. The van der Waals surface area contributed by atoms with E-state index in [-0.39, 0.29) is 23.2 Å². The molecule has 1 saturated heterocycles. The Bertz CT molecular complexity index is 484. The summed E-state index contributed by atoms with van der Waals surface area (Å²) in [4.78, 5) is 13.4. The number of benzene rings is 1. The zero-order valence-electron chi connectivity index (χ0n) is 10.4. The average Bonchev–Trinajstić information content (AvgIpc) is 2.66. The standard InChI is InChI=1S/C14H15NO2S/c1-3-7-12(16)15-10(2)13(17-14(15)18)11-8-5-4-6-9-11/h3-10,13H,1-2H3/b7-3+/t10-,13-/m0/s1. The Balaban J connectivity index is 2.24. The van der Waals surface area contributed by atoms with Crippen LogP contribution in [0.3, 0.4) is 0 Å². The molecule has 18 heavy (non-hydrogen) atoms. The highest BCUT2D eigenvalue weighted by Crippen LogP contribution is 2.32. The summed E-state index contributed by atoms with van der Waals surface area (Å²) in [6.07, 6.45) is 3.01. The van der Waals surface area contributed by atoms with Gasteiger partial charge in [0.15, 0.2) is 0 Å². The van der Waals surface area contributed by atoms with Gasteiger partial charge in [0.05, 0.1) is 6.04 Å². The summed E-state index contributed by atoms with van der Waals surface area (Å²) in [5.41, 5.74) is 1.03. The first-order valence-corrected chi connectivity index (χ1v) is 6.27. The van der Waals surface area contributed by atoms with E-state index in [2.05, 4.69) is 0 Å². The monoisotopic (exact) mass is 261 g/mol. The Labute approximate surface area is 112 Å². The minimum Gasteiger partial charge on any atom is -0.460 e. The molecule has 3 nitrogen and oxygen atoms in total. The van der Waals surface area contributed by atoms with Crippen LogP contribution in [-0.4, -0.2) is 22.0 Å². The second kappa shape index (κ2) is 5.31. The molecule has 0 spiro atoms. The fourth-order valence-electron chi connectivity index (χ4n) is 2.07. The van der Waals surface area contributed by atoms with Crippen molar-refractivity contribution in [2.24, 2.45) is 0 Å². The van der Waals surface area contributed by atoms with E-state index in [4.69, 9.17) is 17.0 Å². The maximum Gasteiger partial charge on any atom is 0.267 e. The van der Waals surface area contributed by atoms with Crippen LogP contribution in [0.25, 0.3) is 0 Å². The Morgan fingerprint density at radius 1 is 1.39 bits per heavy atom. The molecule has 1 aliphatic rings. The molecular formula is C14H15NO2S. The number of allylic oxidation sites excluding steroid dienone is 1. The normalized spacial score (nSPS) is 23.4. The minimum absolute atomic E-state index is 0.0939. The summed E-state index contributed by atoms with van der Waals surface area (Å²) in [7, 11) is 0. The first-order chi connectivity index (χ1) is 8.65. The van der Waals surface area contributed by atoms with E-state index in [9.17, 15) is 4.79 Å². The van der Waals surface area contributed by atoms with E-state index in [0.29, 0.717) is 0 Å². The second-order valence-corrected chi connectivity index (χ2v) is 4.51. The summed E-state index contributed by atoms with van der Waals surface area (Å²) < 4.78 is 5.64. The predicted octanol–water partition coefficient (Wildman–Crippen LogP) is 2.84. The molecule has 0 saturated carbocycles. The third-order valence-corrected chi connectivity index (χ3v) is 3.24. The second-order valence-electron chi connectivity index (χ2n) is 4.16. The van der Waals surface area contributed by atoms with Crippen molar-refractivity contribution < 1.29 is 9.53 Å². The van der Waals surface area contributed by atoms with Gasteiger partial charge in [-0.1, -0.05) is 36.4 Å². The van der Waals surface area contributed by atoms with Crippen LogP contribution in [0, 0.1) is 0 Å². The van der Waals surface area contributed by atoms with Gasteiger partial charge in [-0.2, -0.15) is 0 Å². The van der Waals surface area contributed by atoms with Gasteiger partial charge in [-0.25, -0.2) is 0 Å². The van der Waals surface area contributed by atoms with Crippen LogP contribution in [0.5, 0.6) is 0 Å². The van der Waals surface area contributed by atoms with E-state index < -0.39 is 0 Å². The van der Waals surface area contributed by atoms with E-state index in [0.717, 1.165) is 5.56 Å². The molecule has 0 radical (unpaired) electrons. The molecule has 1 aromatic rings. The summed E-state index contributed by atoms with van der Waals surface area (Å²) in [6, 6.07) is 9.71. The van der Waals surface area contributed by atoms with Gasteiger partial charge in [0.2, 0.25) is 0 Å². The van der Waals surface area contributed by atoms with E-state index in [1.807, 2.05) is 37.3 Å². The molecule has 4 heteroatoms. The highest BCUT2D eigenvalue weighted by molar-refractivity contribution is 7.80. The van der Waals surface area contributed by atoms with Crippen molar-refractivity contribution in [3.8, 4) is 0 Å². The molecule has 1 aromatic carbocycles. The number of hydrogen-bond acceptors (Lipinski definition) is 3. The molecule has 0 unspecified atom stereocenters. The maximum absolute atomic E-state index is 11.9. The van der Waals surface area contributed by atoms with Crippen molar-refractivity contribution in [2.75, 3.05) is 0 Å². The van der Waals surface area contributed by atoms with Crippen LogP contribution in [0.2, 0.25) is 0 Å². The minimum atomic E-state index is -0.187. The quantitative estimate of drug-likeness (QED) is 0.605. The zero-order valence-corrected chi connectivity index (χ0v) is 11.2. The van der Waals surface area contributed by atoms with Gasteiger partial charge in [0, 0.05) is 0 Å². The van der Waals surface area contributed by atoms with E-state index >= 15 is 0 Å². The van der Waals surface area contributed by atoms with Crippen LogP contribution < -0.4 is 0 Å². The molecular weight excluding hydrogens is 246 g/mol. The SMILES string of the molecule is C/C=C/C(=O)N1C(=S)O[C@H](c2ccccc2)[C@@H]1C. The molecule has 0 aliphatic carbocycles. The lowest BCUT2D eigenvalue weighted by Gasteiger charge is -2.18. The van der Waals surface area contributed by atoms with Crippen molar-refractivity contribution in [1.82, 2.24) is 4.90 Å². The lowest BCUT2D eigenvalue weighted by Crippen LogP contribution is -2.36. The fourth-order valence-corrected chi connectivity index (χ4v) is 2.43. The number of hydrogen-bond donors (Lipinski definition) is 0. The van der Waals surface area contributed by atoms with Crippen LogP contribution in [0.1, 0.15) is 25.5 Å². The molecule has 2 atom stereocenters. The molecule has 0 N–H and O–H groups in total. The van der Waals surface area contributed by atoms with Crippen molar-refractivity contribution in [3.05, 3.63) is 48.0 Å². The van der Waals surface area contributed by atoms with Gasteiger partial charge < -0.3 is 4.74 Å². The summed E-state index contributed by atoms with van der Waals surface area (Å²) in [5, 5.41) is 0.249.